The van der Waals surface area contributed by atoms with Crippen LogP contribution < -0.4 is 15.6 Å². The summed E-state index contributed by atoms with van der Waals surface area (Å²) in [4.78, 5) is 25.6. The van der Waals surface area contributed by atoms with Gasteiger partial charge < -0.3 is 19.7 Å². The van der Waals surface area contributed by atoms with Gasteiger partial charge in [0.15, 0.2) is 0 Å². The third-order valence-corrected chi connectivity index (χ3v) is 4.83. The quantitative estimate of drug-likeness (QED) is 0.497. The van der Waals surface area contributed by atoms with Crippen LogP contribution in [0.4, 0.5) is 10.1 Å². The lowest BCUT2D eigenvalue weighted by molar-refractivity contribution is -0.116. The SMILES string of the molecule is COc1ccccc1NC(=O)Cn1ccn2nc(-c3ccc(F)cc3)c(CO)c2c1=O. The molecule has 0 radical (unpaired) electrons. The normalized spacial score (nSPS) is 10.9. The van der Waals surface area contributed by atoms with Gasteiger partial charge in [-0.15, -0.1) is 0 Å². The van der Waals surface area contributed by atoms with E-state index in [9.17, 15) is 19.1 Å². The third kappa shape index (κ3) is 3.90. The van der Waals surface area contributed by atoms with E-state index in [-0.39, 0.29) is 12.1 Å². The van der Waals surface area contributed by atoms with Gasteiger partial charge in [0.1, 0.15) is 23.6 Å². The van der Waals surface area contributed by atoms with Gasteiger partial charge in [0, 0.05) is 23.5 Å². The molecule has 4 rings (SSSR count). The van der Waals surface area contributed by atoms with Crippen LogP contribution in [0, 0.1) is 5.82 Å². The highest BCUT2D eigenvalue weighted by atomic mass is 19.1. The summed E-state index contributed by atoms with van der Waals surface area (Å²) in [6, 6.07) is 12.5. The molecule has 2 aromatic heterocycles. The zero-order valence-corrected chi connectivity index (χ0v) is 16.6. The number of hydrogen-bond donors (Lipinski definition) is 2. The van der Waals surface area contributed by atoms with Gasteiger partial charge in [0.05, 0.1) is 25.1 Å². The predicted octanol–water partition coefficient (Wildman–Crippen LogP) is 2.44. The van der Waals surface area contributed by atoms with Crippen molar-refractivity contribution in [1.29, 1.82) is 0 Å². The second-order valence-corrected chi connectivity index (χ2v) is 6.76. The number of rotatable bonds is 6. The number of amides is 1. The number of aliphatic hydroxyl groups excluding tert-OH is 1. The van der Waals surface area contributed by atoms with Gasteiger partial charge in [-0.2, -0.15) is 5.10 Å². The van der Waals surface area contributed by atoms with Crippen molar-refractivity contribution in [2.45, 2.75) is 13.2 Å². The minimum Gasteiger partial charge on any atom is -0.495 e. The Kier molecular flexibility index (Phi) is 5.50. The first kappa shape index (κ1) is 20.3. The molecule has 9 heteroatoms. The number of aromatic nitrogens is 3. The molecule has 0 spiro atoms. The predicted molar refractivity (Wildman–Crippen MR) is 112 cm³/mol. The van der Waals surface area contributed by atoms with E-state index in [0.29, 0.717) is 28.3 Å². The molecule has 0 saturated heterocycles. The molecule has 0 fully saturated rings. The first-order valence-electron chi connectivity index (χ1n) is 9.42. The molecule has 1 amide bonds. The van der Waals surface area contributed by atoms with Crippen molar-refractivity contribution < 1.29 is 19.0 Å². The monoisotopic (exact) mass is 422 g/mol. The smallest absolute Gasteiger partial charge is 0.277 e. The highest BCUT2D eigenvalue weighted by Gasteiger charge is 2.19. The van der Waals surface area contributed by atoms with E-state index >= 15 is 0 Å². The molecule has 0 aliphatic carbocycles. The van der Waals surface area contributed by atoms with Crippen LogP contribution in [0.1, 0.15) is 5.56 Å². The number of hydrogen-bond acceptors (Lipinski definition) is 5. The molecule has 2 aromatic carbocycles. The summed E-state index contributed by atoms with van der Waals surface area (Å²) in [7, 11) is 1.50. The van der Waals surface area contributed by atoms with E-state index in [0.717, 1.165) is 0 Å². The summed E-state index contributed by atoms with van der Waals surface area (Å²) < 4.78 is 21.1. The van der Waals surface area contributed by atoms with Gasteiger partial charge in [-0.25, -0.2) is 8.91 Å². The molecule has 8 nitrogen and oxygen atoms in total. The van der Waals surface area contributed by atoms with E-state index in [2.05, 4.69) is 10.4 Å². The first-order valence-corrected chi connectivity index (χ1v) is 9.42. The minimum atomic E-state index is -0.484. The third-order valence-electron chi connectivity index (χ3n) is 4.83. The molecular formula is C22H19FN4O4. The summed E-state index contributed by atoms with van der Waals surface area (Å²) in [6.07, 6.45) is 2.97. The zero-order valence-electron chi connectivity index (χ0n) is 16.6. The average molecular weight is 422 g/mol. The van der Waals surface area contributed by atoms with Gasteiger partial charge in [0.25, 0.3) is 5.56 Å². The Bertz CT molecular complexity index is 1310. The zero-order chi connectivity index (χ0) is 22.0. The lowest BCUT2D eigenvalue weighted by Gasteiger charge is -2.11. The first-order chi connectivity index (χ1) is 15.0. The molecular weight excluding hydrogens is 403 g/mol. The lowest BCUT2D eigenvalue weighted by Crippen LogP contribution is -2.28. The van der Waals surface area contributed by atoms with Crippen LogP contribution in [-0.2, 0) is 17.9 Å². The van der Waals surface area contributed by atoms with Gasteiger partial charge in [0.2, 0.25) is 5.91 Å². The van der Waals surface area contributed by atoms with Crippen molar-refractivity contribution in [3.8, 4) is 17.0 Å². The molecule has 0 atom stereocenters. The van der Waals surface area contributed by atoms with Gasteiger partial charge in [-0.1, -0.05) is 12.1 Å². The molecule has 158 valence electrons. The van der Waals surface area contributed by atoms with Crippen molar-refractivity contribution >= 4 is 17.1 Å². The van der Waals surface area contributed by atoms with E-state index in [1.165, 1.54) is 52.9 Å². The summed E-state index contributed by atoms with van der Waals surface area (Å²) in [6.45, 7) is -0.682. The highest BCUT2D eigenvalue weighted by molar-refractivity contribution is 5.92. The lowest BCUT2D eigenvalue weighted by atomic mass is 10.1. The number of para-hydroxylation sites is 2. The number of carbonyl (C=O) groups is 1. The maximum Gasteiger partial charge on any atom is 0.277 e. The number of anilines is 1. The number of carbonyl (C=O) groups excluding carboxylic acids is 1. The van der Waals surface area contributed by atoms with E-state index in [4.69, 9.17) is 4.74 Å². The van der Waals surface area contributed by atoms with Crippen molar-refractivity contribution in [2.75, 3.05) is 12.4 Å². The van der Waals surface area contributed by atoms with Gasteiger partial charge in [-0.3, -0.25) is 9.59 Å². The molecule has 31 heavy (non-hydrogen) atoms. The Morgan fingerprint density at radius 1 is 1.16 bits per heavy atom. The number of fused-ring (bicyclic) bond motifs is 1. The van der Waals surface area contributed by atoms with E-state index in [1.807, 2.05) is 0 Å². The van der Waals surface area contributed by atoms with Crippen molar-refractivity contribution in [2.24, 2.45) is 0 Å². The maximum atomic E-state index is 13.3. The number of nitrogens with zero attached hydrogens (tertiary/aromatic N) is 3. The van der Waals surface area contributed by atoms with Gasteiger partial charge in [-0.05, 0) is 36.4 Å². The van der Waals surface area contributed by atoms with Crippen LogP contribution in [0.2, 0.25) is 0 Å². The van der Waals surface area contributed by atoms with E-state index in [1.54, 1.807) is 24.3 Å². The highest BCUT2D eigenvalue weighted by Crippen LogP contribution is 2.25. The Labute approximate surface area is 176 Å². The van der Waals surface area contributed by atoms with Crippen LogP contribution in [0.25, 0.3) is 16.8 Å². The molecule has 0 aliphatic heterocycles. The van der Waals surface area contributed by atoms with Crippen LogP contribution in [-0.4, -0.2) is 32.3 Å². The molecule has 2 heterocycles. The van der Waals surface area contributed by atoms with Crippen LogP contribution >= 0.6 is 0 Å². The number of aliphatic hydroxyl groups is 1. The fourth-order valence-corrected chi connectivity index (χ4v) is 3.36. The van der Waals surface area contributed by atoms with Gasteiger partial charge >= 0.3 is 0 Å². The molecule has 0 aliphatic rings. The van der Waals surface area contributed by atoms with Crippen molar-refractivity contribution in [3.05, 3.63) is 82.7 Å². The number of halogens is 1. The maximum absolute atomic E-state index is 13.3. The van der Waals surface area contributed by atoms with Crippen molar-refractivity contribution in [3.63, 3.8) is 0 Å². The molecule has 0 unspecified atom stereocenters. The Morgan fingerprint density at radius 2 is 1.90 bits per heavy atom. The summed E-state index contributed by atoms with van der Waals surface area (Å²) in [5, 5.41) is 17.0. The van der Waals surface area contributed by atoms with E-state index < -0.39 is 23.9 Å². The minimum absolute atomic E-state index is 0.148. The number of methoxy groups -OCH3 is 1. The number of nitrogens with one attached hydrogen (secondary N) is 1. The fourth-order valence-electron chi connectivity index (χ4n) is 3.36. The summed E-state index contributed by atoms with van der Waals surface area (Å²) >= 11 is 0. The summed E-state index contributed by atoms with van der Waals surface area (Å²) in [5.41, 5.74) is 1.39. The average Bonchev–Trinajstić information content (AvgIpc) is 3.16. The van der Waals surface area contributed by atoms with Crippen LogP contribution in [0.3, 0.4) is 0 Å². The Balaban J connectivity index is 1.68. The molecule has 2 N–H and O–H groups in total. The summed E-state index contributed by atoms with van der Waals surface area (Å²) in [5.74, 6) is -0.317. The van der Waals surface area contributed by atoms with Crippen LogP contribution in [0.15, 0.2) is 65.7 Å². The molecule has 0 bridgehead atoms. The van der Waals surface area contributed by atoms with Crippen LogP contribution in [0.5, 0.6) is 5.75 Å². The largest absolute Gasteiger partial charge is 0.495 e. The molecule has 0 saturated carbocycles. The number of ether oxygens (including phenoxy) is 1. The second kappa shape index (κ2) is 8.41. The standard InChI is InChI=1S/C22H19FN4O4/c1-31-18-5-3-2-4-17(18)24-19(29)12-26-10-11-27-21(22(26)30)16(13-28)20(25-27)14-6-8-15(23)9-7-14/h2-11,28H,12-13H2,1H3,(H,24,29). The van der Waals surface area contributed by atoms with Crippen molar-refractivity contribution in [1.82, 2.24) is 14.2 Å². The molecule has 4 aromatic rings. The fraction of sp³-hybridized carbons (Fsp3) is 0.136. The Hall–Kier alpha value is -3.98. The topological polar surface area (TPSA) is 97.9 Å². The second-order valence-electron chi connectivity index (χ2n) is 6.76. The number of benzene rings is 2. The Morgan fingerprint density at radius 3 is 2.61 bits per heavy atom.